The molecule has 2 N–H and O–H groups in total. The molecule has 28 heavy (non-hydrogen) atoms. The van der Waals surface area contributed by atoms with Gasteiger partial charge in [-0.2, -0.15) is 0 Å². The maximum atomic E-state index is 4.34. The molecule has 6 heteroatoms. The average Bonchev–Trinajstić information content (AvgIpc) is 3.25. The van der Waals surface area contributed by atoms with Crippen LogP contribution in [0.2, 0.25) is 0 Å². The number of nitrogens with zero attached hydrogens (tertiary/aromatic N) is 3. The van der Waals surface area contributed by atoms with Crippen LogP contribution in [-0.2, 0) is 6.42 Å². The van der Waals surface area contributed by atoms with Gasteiger partial charge in [0.2, 0.25) is 0 Å². The van der Waals surface area contributed by atoms with Crippen LogP contribution in [0.3, 0.4) is 0 Å². The average molecular weight is 400 g/mol. The predicted molar refractivity (Wildman–Crippen MR) is 120 cm³/mol. The lowest BCUT2D eigenvalue weighted by molar-refractivity contribution is 0.0891. The Labute approximate surface area is 173 Å². The summed E-state index contributed by atoms with van der Waals surface area (Å²) in [5.41, 5.74) is 1.42. The van der Waals surface area contributed by atoms with Crippen LogP contribution in [0.4, 0.5) is 0 Å². The molecule has 0 saturated carbocycles. The van der Waals surface area contributed by atoms with Crippen molar-refractivity contribution in [1.82, 2.24) is 20.4 Å². The quantitative estimate of drug-likeness (QED) is 0.407. The third kappa shape index (κ3) is 6.33. The summed E-state index contributed by atoms with van der Waals surface area (Å²) in [5, 5.41) is 9.00. The molecule has 0 amide bonds. The zero-order chi connectivity index (χ0) is 19.6. The number of aliphatic imine (C=N–C) groups is 1. The van der Waals surface area contributed by atoms with Gasteiger partial charge in [-0.05, 0) is 36.9 Å². The van der Waals surface area contributed by atoms with Gasteiger partial charge in [0.15, 0.2) is 5.96 Å². The molecule has 2 aromatic rings. The molecule has 1 aromatic heterocycles. The van der Waals surface area contributed by atoms with Crippen LogP contribution in [0.5, 0.6) is 0 Å². The highest BCUT2D eigenvalue weighted by molar-refractivity contribution is 7.09. The van der Waals surface area contributed by atoms with E-state index < -0.39 is 0 Å². The highest BCUT2D eigenvalue weighted by Crippen LogP contribution is 2.24. The third-order valence-electron chi connectivity index (χ3n) is 5.26. The van der Waals surface area contributed by atoms with Gasteiger partial charge < -0.3 is 15.5 Å². The molecule has 1 saturated heterocycles. The fraction of sp³-hybridized carbons (Fsp3) is 0.500. The van der Waals surface area contributed by atoms with Gasteiger partial charge in [-0.15, -0.1) is 11.3 Å². The molecule has 1 aliphatic rings. The van der Waals surface area contributed by atoms with E-state index in [0.717, 1.165) is 58.1 Å². The smallest absolute Gasteiger partial charge is 0.190 e. The first-order valence-corrected chi connectivity index (χ1v) is 11.1. The topological polar surface area (TPSA) is 42.9 Å². The third-order valence-corrected chi connectivity index (χ3v) is 6.20. The molecule has 0 radical (unpaired) electrons. The van der Waals surface area contributed by atoms with Crippen molar-refractivity contribution in [1.29, 1.82) is 0 Å². The summed E-state index contributed by atoms with van der Waals surface area (Å²) in [6.07, 6.45) is 2.15. The Morgan fingerprint density at radius 3 is 2.68 bits per heavy atom. The fourth-order valence-electron chi connectivity index (χ4n) is 3.68. The number of benzene rings is 1. The van der Waals surface area contributed by atoms with Crippen LogP contribution in [0.25, 0.3) is 0 Å². The van der Waals surface area contributed by atoms with E-state index in [4.69, 9.17) is 0 Å². The number of guanidine groups is 1. The Morgan fingerprint density at radius 1 is 1.11 bits per heavy atom. The molecule has 0 spiro atoms. The molecule has 1 atom stereocenters. The van der Waals surface area contributed by atoms with Crippen LogP contribution in [0.1, 0.15) is 22.9 Å². The molecule has 1 unspecified atom stereocenters. The second-order valence-electron chi connectivity index (χ2n) is 7.33. The Balaban J connectivity index is 1.40. The first-order chi connectivity index (χ1) is 13.8. The predicted octanol–water partition coefficient (Wildman–Crippen LogP) is 2.83. The largest absolute Gasteiger partial charge is 0.356 e. The number of rotatable bonds is 8. The first-order valence-electron chi connectivity index (χ1n) is 10.2. The number of hydrogen-bond donors (Lipinski definition) is 2. The molecule has 152 valence electrons. The van der Waals surface area contributed by atoms with E-state index >= 15 is 0 Å². The zero-order valence-electron chi connectivity index (χ0n) is 17.1. The molecule has 1 aromatic carbocycles. The summed E-state index contributed by atoms with van der Waals surface area (Å²) in [5.74, 6) is 0.898. The summed E-state index contributed by atoms with van der Waals surface area (Å²) in [6, 6.07) is 15.7. The summed E-state index contributed by atoms with van der Waals surface area (Å²) in [4.78, 5) is 10.8. The van der Waals surface area contributed by atoms with Gasteiger partial charge in [0.25, 0.3) is 0 Å². The molecule has 2 heterocycles. The van der Waals surface area contributed by atoms with Gasteiger partial charge in [-0.3, -0.25) is 9.89 Å². The van der Waals surface area contributed by atoms with E-state index in [-0.39, 0.29) is 0 Å². The summed E-state index contributed by atoms with van der Waals surface area (Å²) in [7, 11) is 4.06. The second kappa shape index (κ2) is 11.2. The number of piperazine rings is 1. The fourth-order valence-corrected chi connectivity index (χ4v) is 4.39. The van der Waals surface area contributed by atoms with E-state index in [0.29, 0.717) is 6.04 Å². The van der Waals surface area contributed by atoms with Gasteiger partial charge in [-0.1, -0.05) is 36.4 Å². The maximum absolute atomic E-state index is 4.34. The van der Waals surface area contributed by atoms with Crippen molar-refractivity contribution in [2.75, 3.05) is 53.4 Å². The minimum atomic E-state index is 0.489. The number of thiophene rings is 1. The van der Waals surface area contributed by atoms with Gasteiger partial charge in [0.05, 0.1) is 0 Å². The van der Waals surface area contributed by atoms with Crippen molar-refractivity contribution < 1.29 is 0 Å². The Kier molecular flexibility index (Phi) is 8.33. The first kappa shape index (κ1) is 20.8. The van der Waals surface area contributed by atoms with Gasteiger partial charge in [-0.25, -0.2) is 0 Å². The Bertz CT molecular complexity index is 701. The van der Waals surface area contributed by atoms with Crippen molar-refractivity contribution >= 4 is 17.3 Å². The summed E-state index contributed by atoms with van der Waals surface area (Å²) < 4.78 is 0. The van der Waals surface area contributed by atoms with E-state index in [1.165, 1.54) is 10.4 Å². The van der Waals surface area contributed by atoms with Crippen molar-refractivity contribution in [3.05, 3.63) is 58.3 Å². The van der Waals surface area contributed by atoms with E-state index in [1.54, 1.807) is 0 Å². The lowest BCUT2D eigenvalue weighted by atomic mass is 10.0. The van der Waals surface area contributed by atoms with Crippen molar-refractivity contribution in [2.24, 2.45) is 4.99 Å². The summed E-state index contributed by atoms with van der Waals surface area (Å²) >= 11 is 1.81. The molecular formula is C22H33N5S. The monoisotopic (exact) mass is 399 g/mol. The number of hydrogen-bond acceptors (Lipinski definition) is 4. The molecule has 0 aliphatic carbocycles. The molecule has 1 aliphatic heterocycles. The van der Waals surface area contributed by atoms with Crippen LogP contribution >= 0.6 is 11.3 Å². The summed E-state index contributed by atoms with van der Waals surface area (Å²) in [6.45, 7) is 6.32. The second-order valence-corrected chi connectivity index (χ2v) is 8.37. The van der Waals surface area contributed by atoms with Crippen LogP contribution in [0, 0.1) is 0 Å². The van der Waals surface area contributed by atoms with Crippen LogP contribution in [-0.4, -0.2) is 69.1 Å². The number of nitrogens with one attached hydrogen (secondary N) is 2. The molecule has 1 fully saturated rings. The Hall–Kier alpha value is -1.89. The lowest BCUT2D eigenvalue weighted by Gasteiger charge is -2.40. The Morgan fingerprint density at radius 2 is 1.93 bits per heavy atom. The van der Waals surface area contributed by atoms with E-state index in [9.17, 15) is 0 Å². The zero-order valence-corrected chi connectivity index (χ0v) is 17.9. The number of likely N-dealkylation sites (N-methyl/N-ethyl adjacent to an activating group) is 1. The molecule has 3 rings (SSSR count). The standard InChI is InChI=1S/C22H33N5S/c1-23-22(25-13-11-20-10-6-17-28-20)24-12-7-14-27-16-15-26(2)18-21(27)19-8-4-3-5-9-19/h3-6,8-10,17,21H,7,11-16,18H2,1-2H3,(H2,23,24,25). The highest BCUT2D eigenvalue weighted by atomic mass is 32.1. The normalized spacial score (nSPS) is 18.9. The van der Waals surface area contributed by atoms with Crippen LogP contribution < -0.4 is 10.6 Å². The van der Waals surface area contributed by atoms with Crippen molar-refractivity contribution in [3.8, 4) is 0 Å². The van der Waals surface area contributed by atoms with Gasteiger partial charge >= 0.3 is 0 Å². The molecule has 0 bridgehead atoms. The molecule has 5 nitrogen and oxygen atoms in total. The minimum absolute atomic E-state index is 0.489. The van der Waals surface area contributed by atoms with Crippen molar-refractivity contribution in [3.63, 3.8) is 0 Å². The lowest BCUT2D eigenvalue weighted by Crippen LogP contribution is -2.47. The maximum Gasteiger partial charge on any atom is 0.190 e. The van der Waals surface area contributed by atoms with Gasteiger partial charge in [0, 0.05) is 57.2 Å². The van der Waals surface area contributed by atoms with Gasteiger partial charge in [0.1, 0.15) is 0 Å². The van der Waals surface area contributed by atoms with Crippen molar-refractivity contribution in [2.45, 2.75) is 18.9 Å². The van der Waals surface area contributed by atoms with Crippen LogP contribution in [0.15, 0.2) is 52.8 Å². The highest BCUT2D eigenvalue weighted by Gasteiger charge is 2.25. The molecular weight excluding hydrogens is 366 g/mol. The van der Waals surface area contributed by atoms with E-state index in [1.807, 2.05) is 18.4 Å². The van der Waals surface area contributed by atoms with E-state index in [2.05, 4.69) is 80.3 Å². The minimum Gasteiger partial charge on any atom is -0.356 e. The SMILES string of the molecule is CN=C(NCCCN1CCN(C)CC1c1ccccc1)NCCc1cccs1.